The summed E-state index contributed by atoms with van der Waals surface area (Å²) in [6.45, 7) is 1.22. The van der Waals surface area contributed by atoms with Gasteiger partial charge in [-0.1, -0.05) is 30.3 Å². The monoisotopic (exact) mass is 329 g/mol. The maximum atomic E-state index is 5.78. The normalized spacial score (nSPS) is 10.5. The predicted octanol–water partition coefficient (Wildman–Crippen LogP) is 2.92. The molecule has 0 bridgehead atoms. The van der Waals surface area contributed by atoms with Crippen LogP contribution in [-0.4, -0.2) is 31.6 Å². The molecule has 2 aromatic rings. The van der Waals surface area contributed by atoms with Gasteiger partial charge in [-0.15, -0.1) is 0 Å². The third-order valence-corrected chi connectivity index (χ3v) is 3.04. The lowest BCUT2D eigenvalue weighted by Gasteiger charge is -2.06. The van der Waals surface area contributed by atoms with Crippen LogP contribution in [0.25, 0.3) is 0 Å². The molecule has 0 heterocycles. The zero-order valence-electron chi connectivity index (χ0n) is 12.9. The molecule has 0 atom stereocenters. The molecule has 0 aliphatic rings. The van der Waals surface area contributed by atoms with Gasteiger partial charge in [0, 0.05) is 13.7 Å². The van der Waals surface area contributed by atoms with Crippen molar-refractivity contribution in [1.82, 2.24) is 10.7 Å². The largest absolute Gasteiger partial charge is 0.457 e. The fourth-order valence-electron chi connectivity index (χ4n) is 1.75. The van der Waals surface area contributed by atoms with Crippen molar-refractivity contribution in [3.05, 3.63) is 60.2 Å². The number of hydrogen-bond donors (Lipinski definition) is 2. The number of rotatable bonds is 7. The Morgan fingerprint density at radius 3 is 2.70 bits per heavy atom. The van der Waals surface area contributed by atoms with Crippen molar-refractivity contribution in [1.29, 1.82) is 0 Å². The van der Waals surface area contributed by atoms with Gasteiger partial charge in [0.05, 0.1) is 12.8 Å². The summed E-state index contributed by atoms with van der Waals surface area (Å²) in [5.74, 6) is 1.55. The van der Waals surface area contributed by atoms with Gasteiger partial charge in [0.1, 0.15) is 11.5 Å². The summed E-state index contributed by atoms with van der Waals surface area (Å²) in [5.41, 5.74) is 3.66. The molecule has 0 unspecified atom stereocenters. The van der Waals surface area contributed by atoms with Crippen LogP contribution in [0.1, 0.15) is 5.56 Å². The molecule has 0 radical (unpaired) electrons. The molecular weight excluding hydrogens is 310 g/mol. The Kier molecular flexibility index (Phi) is 7.03. The molecule has 0 aliphatic heterocycles. The second-order valence-corrected chi connectivity index (χ2v) is 5.01. The van der Waals surface area contributed by atoms with E-state index in [2.05, 4.69) is 15.8 Å². The number of ether oxygens (including phenoxy) is 2. The van der Waals surface area contributed by atoms with E-state index in [4.69, 9.17) is 21.7 Å². The van der Waals surface area contributed by atoms with Gasteiger partial charge in [-0.05, 0) is 42.0 Å². The maximum Gasteiger partial charge on any atom is 0.187 e. The molecule has 2 N–H and O–H groups in total. The van der Waals surface area contributed by atoms with Gasteiger partial charge < -0.3 is 14.8 Å². The van der Waals surface area contributed by atoms with Crippen LogP contribution in [0.4, 0.5) is 0 Å². The topological polar surface area (TPSA) is 54.9 Å². The molecule has 0 fully saturated rings. The molecular formula is C17H19N3O2S. The molecule has 23 heavy (non-hydrogen) atoms. The molecule has 0 spiro atoms. The van der Waals surface area contributed by atoms with E-state index in [1.807, 2.05) is 54.6 Å². The van der Waals surface area contributed by atoms with Gasteiger partial charge in [-0.25, -0.2) is 0 Å². The summed E-state index contributed by atoms with van der Waals surface area (Å²) in [6, 6.07) is 17.3. The van der Waals surface area contributed by atoms with Crippen LogP contribution < -0.4 is 15.5 Å². The van der Waals surface area contributed by atoms with Crippen LogP contribution in [0.15, 0.2) is 59.7 Å². The lowest BCUT2D eigenvalue weighted by Crippen LogP contribution is -2.34. The number of para-hydroxylation sites is 1. The average molecular weight is 329 g/mol. The van der Waals surface area contributed by atoms with E-state index in [1.54, 1.807) is 13.3 Å². The van der Waals surface area contributed by atoms with Crippen LogP contribution in [0.2, 0.25) is 0 Å². The molecule has 0 saturated carbocycles. The highest BCUT2D eigenvalue weighted by Crippen LogP contribution is 2.21. The van der Waals surface area contributed by atoms with Gasteiger partial charge in [-0.2, -0.15) is 5.10 Å². The number of nitrogens with one attached hydrogen (secondary N) is 2. The van der Waals surface area contributed by atoms with Crippen LogP contribution in [0, 0.1) is 0 Å². The van der Waals surface area contributed by atoms with E-state index in [1.165, 1.54) is 0 Å². The zero-order chi connectivity index (χ0) is 16.3. The van der Waals surface area contributed by atoms with Gasteiger partial charge in [0.15, 0.2) is 5.11 Å². The Labute approximate surface area is 141 Å². The summed E-state index contributed by atoms with van der Waals surface area (Å²) < 4.78 is 10.7. The molecule has 0 aliphatic carbocycles. The predicted molar refractivity (Wildman–Crippen MR) is 96.2 cm³/mol. The minimum Gasteiger partial charge on any atom is -0.457 e. The Morgan fingerprint density at radius 1 is 1.13 bits per heavy atom. The van der Waals surface area contributed by atoms with Crippen LogP contribution >= 0.6 is 12.2 Å². The van der Waals surface area contributed by atoms with E-state index < -0.39 is 0 Å². The van der Waals surface area contributed by atoms with Crippen LogP contribution in [-0.2, 0) is 4.74 Å². The van der Waals surface area contributed by atoms with E-state index in [0.717, 1.165) is 17.1 Å². The number of hydrazone groups is 1. The smallest absolute Gasteiger partial charge is 0.187 e. The van der Waals surface area contributed by atoms with Gasteiger partial charge in [-0.3, -0.25) is 5.43 Å². The highest BCUT2D eigenvalue weighted by molar-refractivity contribution is 7.80. The van der Waals surface area contributed by atoms with Gasteiger partial charge in [0.25, 0.3) is 0 Å². The molecule has 0 saturated heterocycles. The van der Waals surface area contributed by atoms with Gasteiger partial charge >= 0.3 is 0 Å². The molecule has 0 aromatic heterocycles. The first-order chi connectivity index (χ1) is 11.3. The third-order valence-electron chi connectivity index (χ3n) is 2.81. The highest BCUT2D eigenvalue weighted by Gasteiger charge is 1.97. The zero-order valence-corrected chi connectivity index (χ0v) is 13.7. The SMILES string of the molecule is COCCNC(=S)N/N=C\c1cccc(Oc2ccccc2)c1. The second kappa shape index (κ2) is 9.55. The van der Waals surface area contributed by atoms with Crippen molar-refractivity contribution >= 4 is 23.5 Å². The fraction of sp³-hybridized carbons (Fsp3) is 0.176. The fourth-order valence-corrected chi connectivity index (χ4v) is 1.91. The van der Waals surface area contributed by atoms with Crippen molar-refractivity contribution in [2.75, 3.05) is 20.3 Å². The van der Waals surface area contributed by atoms with Gasteiger partial charge in [0.2, 0.25) is 0 Å². The lowest BCUT2D eigenvalue weighted by molar-refractivity contribution is 0.204. The average Bonchev–Trinajstić information content (AvgIpc) is 2.56. The maximum absolute atomic E-state index is 5.78. The van der Waals surface area contributed by atoms with Crippen molar-refractivity contribution < 1.29 is 9.47 Å². The first-order valence-electron chi connectivity index (χ1n) is 7.17. The standard InChI is InChI=1S/C17H19N3O2S/c1-21-11-10-18-17(23)20-19-13-14-6-5-9-16(12-14)22-15-7-3-2-4-8-15/h2-9,12-13H,10-11H2,1H3,(H2,18,20,23)/b19-13-. The quantitative estimate of drug-likeness (QED) is 0.354. The number of nitrogens with zero attached hydrogens (tertiary/aromatic N) is 1. The number of thiocarbonyl (C=S) groups is 1. The molecule has 2 rings (SSSR count). The van der Waals surface area contributed by atoms with E-state index >= 15 is 0 Å². The summed E-state index contributed by atoms with van der Waals surface area (Å²) in [4.78, 5) is 0. The molecule has 5 nitrogen and oxygen atoms in total. The van der Waals surface area contributed by atoms with E-state index in [9.17, 15) is 0 Å². The number of hydrogen-bond acceptors (Lipinski definition) is 4. The first kappa shape index (κ1) is 16.9. The van der Waals surface area contributed by atoms with Crippen molar-refractivity contribution in [2.45, 2.75) is 0 Å². The summed E-state index contributed by atoms with van der Waals surface area (Å²) >= 11 is 5.08. The molecule has 0 amide bonds. The summed E-state index contributed by atoms with van der Waals surface area (Å²) in [5, 5.41) is 7.52. The second-order valence-electron chi connectivity index (χ2n) is 4.61. The van der Waals surface area contributed by atoms with Crippen LogP contribution in [0.3, 0.4) is 0 Å². The van der Waals surface area contributed by atoms with E-state index in [-0.39, 0.29) is 0 Å². The Balaban J connectivity index is 1.87. The summed E-state index contributed by atoms with van der Waals surface area (Å²) in [7, 11) is 1.64. The molecule has 120 valence electrons. The van der Waals surface area contributed by atoms with E-state index in [0.29, 0.717) is 18.3 Å². The molecule has 2 aromatic carbocycles. The number of benzene rings is 2. The Morgan fingerprint density at radius 2 is 1.91 bits per heavy atom. The number of methoxy groups -OCH3 is 1. The van der Waals surface area contributed by atoms with Crippen LogP contribution in [0.5, 0.6) is 11.5 Å². The Bertz CT molecular complexity index is 647. The minimum absolute atomic E-state index is 0.454. The first-order valence-corrected chi connectivity index (χ1v) is 7.57. The lowest BCUT2D eigenvalue weighted by atomic mass is 10.2. The van der Waals surface area contributed by atoms with Crippen molar-refractivity contribution in [3.8, 4) is 11.5 Å². The summed E-state index contributed by atoms with van der Waals surface area (Å²) in [6.07, 6.45) is 1.68. The third kappa shape index (κ3) is 6.46. The highest BCUT2D eigenvalue weighted by atomic mass is 32.1. The van der Waals surface area contributed by atoms with Crippen molar-refractivity contribution in [3.63, 3.8) is 0 Å². The minimum atomic E-state index is 0.454. The Hall–Kier alpha value is -2.44. The molecule has 6 heteroatoms. The van der Waals surface area contributed by atoms with Crippen molar-refractivity contribution in [2.24, 2.45) is 5.10 Å².